The Morgan fingerprint density at radius 3 is 1.76 bits per heavy atom. The van der Waals surface area contributed by atoms with E-state index in [2.05, 4.69) is 0 Å². The lowest BCUT2D eigenvalue weighted by atomic mass is 9.97. The van der Waals surface area contributed by atoms with E-state index in [1.165, 1.54) is 13.5 Å². The largest absolute Gasteiger partial charge is 0.463 e. The SMILES string of the molecule is COC(C(=O)OCC(C)C)C(OC1CCCCC1)C(=O)OCC(C)C. The molecule has 0 aromatic heterocycles. The highest BCUT2D eigenvalue weighted by Crippen LogP contribution is 2.23. The molecule has 146 valence electrons. The molecule has 6 nitrogen and oxygen atoms in total. The number of esters is 2. The first-order valence-electron chi connectivity index (χ1n) is 9.36. The van der Waals surface area contributed by atoms with E-state index in [0.717, 1.165) is 25.7 Å². The van der Waals surface area contributed by atoms with Crippen LogP contribution < -0.4 is 0 Å². The zero-order chi connectivity index (χ0) is 18.8. The zero-order valence-corrected chi connectivity index (χ0v) is 16.3. The molecule has 1 saturated carbocycles. The van der Waals surface area contributed by atoms with Gasteiger partial charge in [0.25, 0.3) is 0 Å². The lowest BCUT2D eigenvalue weighted by Crippen LogP contribution is -2.47. The maximum Gasteiger partial charge on any atom is 0.338 e. The van der Waals surface area contributed by atoms with Crippen LogP contribution in [0, 0.1) is 11.8 Å². The van der Waals surface area contributed by atoms with Gasteiger partial charge in [-0.25, -0.2) is 9.59 Å². The predicted molar refractivity (Wildman–Crippen MR) is 94.1 cm³/mol. The fraction of sp³-hybridized carbons (Fsp3) is 0.895. The van der Waals surface area contributed by atoms with E-state index in [1.807, 2.05) is 27.7 Å². The standard InChI is InChI=1S/C19H34O6/c1-13(2)11-23-18(20)16(22-5)17(19(21)24-12-14(3)4)25-15-9-7-6-8-10-15/h13-17H,6-12H2,1-5H3. The third-order valence-electron chi connectivity index (χ3n) is 4.00. The van der Waals surface area contributed by atoms with E-state index in [-0.39, 0.29) is 31.2 Å². The van der Waals surface area contributed by atoms with Crippen LogP contribution in [0.4, 0.5) is 0 Å². The molecule has 0 amide bonds. The van der Waals surface area contributed by atoms with Crippen molar-refractivity contribution in [2.24, 2.45) is 11.8 Å². The summed E-state index contributed by atoms with van der Waals surface area (Å²) in [6, 6.07) is 0. The van der Waals surface area contributed by atoms with Crippen molar-refractivity contribution in [2.45, 2.75) is 78.1 Å². The Bertz CT molecular complexity index is 401. The van der Waals surface area contributed by atoms with Gasteiger partial charge in [-0.1, -0.05) is 47.0 Å². The van der Waals surface area contributed by atoms with Crippen molar-refractivity contribution >= 4 is 11.9 Å². The summed E-state index contributed by atoms with van der Waals surface area (Å²) in [6.07, 6.45) is 2.80. The fourth-order valence-corrected chi connectivity index (χ4v) is 2.66. The van der Waals surface area contributed by atoms with Crippen molar-refractivity contribution in [3.05, 3.63) is 0 Å². The Morgan fingerprint density at radius 1 is 0.840 bits per heavy atom. The van der Waals surface area contributed by atoms with Crippen molar-refractivity contribution < 1.29 is 28.5 Å². The number of hydrogen-bond donors (Lipinski definition) is 0. The molecule has 1 aliphatic rings. The monoisotopic (exact) mass is 358 g/mol. The second kappa shape index (κ2) is 11.5. The molecule has 1 aliphatic carbocycles. The van der Waals surface area contributed by atoms with Gasteiger partial charge in [0.15, 0.2) is 12.2 Å². The Hall–Kier alpha value is -1.14. The normalized spacial score (nSPS) is 18.2. The Morgan fingerprint density at radius 2 is 1.32 bits per heavy atom. The number of carbonyl (C=O) groups excluding carboxylic acids is 2. The fourth-order valence-electron chi connectivity index (χ4n) is 2.66. The molecule has 0 heterocycles. The van der Waals surface area contributed by atoms with E-state index in [1.54, 1.807) is 0 Å². The topological polar surface area (TPSA) is 71.1 Å². The third kappa shape index (κ3) is 8.19. The molecule has 25 heavy (non-hydrogen) atoms. The molecule has 0 radical (unpaired) electrons. The summed E-state index contributed by atoms with van der Waals surface area (Å²) < 4.78 is 21.8. The van der Waals surface area contributed by atoms with Crippen molar-refractivity contribution in [1.82, 2.24) is 0 Å². The summed E-state index contributed by atoms with van der Waals surface area (Å²) >= 11 is 0. The molecule has 1 fully saturated rings. The number of ether oxygens (including phenoxy) is 4. The molecule has 6 heteroatoms. The van der Waals surface area contributed by atoms with Gasteiger partial charge in [-0.3, -0.25) is 0 Å². The quantitative estimate of drug-likeness (QED) is 0.559. The number of rotatable bonds is 10. The van der Waals surface area contributed by atoms with E-state index in [9.17, 15) is 9.59 Å². The lowest BCUT2D eigenvalue weighted by Gasteiger charge is -2.30. The van der Waals surface area contributed by atoms with Crippen LogP contribution >= 0.6 is 0 Å². The molecule has 0 saturated heterocycles. The van der Waals surface area contributed by atoms with Gasteiger partial charge in [0, 0.05) is 7.11 Å². The van der Waals surface area contributed by atoms with Gasteiger partial charge < -0.3 is 18.9 Å². The molecule has 2 unspecified atom stereocenters. The Labute approximate surface area is 151 Å². The van der Waals surface area contributed by atoms with Gasteiger partial charge in [0.05, 0.1) is 19.3 Å². The van der Waals surface area contributed by atoms with Crippen molar-refractivity contribution in [3.8, 4) is 0 Å². The summed E-state index contributed by atoms with van der Waals surface area (Å²) in [6.45, 7) is 8.35. The highest BCUT2D eigenvalue weighted by atomic mass is 16.6. The van der Waals surface area contributed by atoms with Crippen LogP contribution in [0.5, 0.6) is 0 Å². The molecule has 0 spiro atoms. The van der Waals surface area contributed by atoms with Crippen molar-refractivity contribution in [1.29, 1.82) is 0 Å². The number of hydrogen-bond acceptors (Lipinski definition) is 6. The van der Waals surface area contributed by atoms with Gasteiger partial charge in [-0.15, -0.1) is 0 Å². The lowest BCUT2D eigenvalue weighted by molar-refractivity contribution is -0.188. The van der Waals surface area contributed by atoms with Crippen LogP contribution in [0.25, 0.3) is 0 Å². The van der Waals surface area contributed by atoms with Gasteiger partial charge in [-0.05, 0) is 24.7 Å². The maximum atomic E-state index is 12.5. The highest BCUT2D eigenvalue weighted by molar-refractivity contribution is 5.85. The van der Waals surface area contributed by atoms with Crippen LogP contribution in [0.15, 0.2) is 0 Å². The second-order valence-electron chi connectivity index (χ2n) is 7.52. The molecule has 0 aromatic rings. The van der Waals surface area contributed by atoms with Gasteiger partial charge in [-0.2, -0.15) is 0 Å². The first-order valence-corrected chi connectivity index (χ1v) is 9.36. The highest BCUT2D eigenvalue weighted by Gasteiger charge is 2.39. The Balaban J connectivity index is 2.80. The predicted octanol–water partition coefficient (Wildman–Crippen LogP) is 3.12. The molecule has 2 atom stereocenters. The smallest absolute Gasteiger partial charge is 0.338 e. The van der Waals surface area contributed by atoms with Crippen LogP contribution in [0.3, 0.4) is 0 Å². The summed E-state index contributed by atoms with van der Waals surface area (Å²) in [5.41, 5.74) is 0. The number of methoxy groups -OCH3 is 1. The minimum atomic E-state index is -1.11. The first-order chi connectivity index (χ1) is 11.8. The first kappa shape index (κ1) is 21.9. The summed E-state index contributed by atoms with van der Waals surface area (Å²) in [5.74, 6) is -0.744. The van der Waals surface area contributed by atoms with E-state index in [4.69, 9.17) is 18.9 Å². The molecule has 0 aliphatic heterocycles. The number of carbonyl (C=O) groups is 2. The van der Waals surface area contributed by atoms with Crippen LogP contribution in [0.2, 0.25) is 0 Å². The van der Waals surface area contributed by atoms with Gasteiger partial charge in [0.2, 0.25) is 0 Å². The summed E-state index contributed by atoms with van der Waals surface area (Å²) in [4.78, 5) is 24.9. The molecular weight excluding hydrogens is 324 g/mol. The van der Waals surface area contributed by atoms with E-state index >= 15 is 0 Å². The molecular formula is C19H34O6. The third-order valence-corrected chi connectivity index (χ3v) is 4.00. The van der Waals surface area contributed by atoms with Crippen molar-refractivity contribution in [2.75, 3.05) is 20.3 Å². The summed E-state index contributed by atoms with van der Waals surface area (Å²) in [7, 11) is 1.38. The van der Waals surface area contributed by atoms with Gasteiger partial charge >= 0.3 is 11.9 Å². The molecule has 0 N–H and O–H groups in total. The maximum absolute atomic E-state index is 12.5. The molecule has 0 aromatic carbocycles. The van der Waals surface area contributed by atoms with E-state index < -0.39 is 24.1 Å². The van der Waals surface area contributed by atoms with Crippen LogP contribution in [0.1, 0.15) is 59.8 Å². The second-order valence-corrected chi connectivity index (χ2v) is 7.52. The minimum Gasteiger partial charge on any atom is -0.463 e. The summed E-state index contributed by atoms with van der Waals surface area (Å²) in [5, 5.41) is 0. The van der Waals surface area contributed by atoms with Crippen molar-refractivity contribution in [3.63, 3.8) is 0 Å². The Kier molecular flexibility index (Phi) is 10.0. The molecule has 0 bridgehead atoms. The van der Waals surface area contributed by atoms with Gasteiger partial charge in [0.1, 0.15) is 0 Å². The molecule has 1 rings (SSSR count). The average molecular weight is 358 g/mol. The zero-order valence-electron chi connectivity index (χ0n) is 16.3. The van der Waals surface area contributed by atoms with Crippen LogP contribution in [-0.4, -0.2) is 50.6 Å². The van der Waals surface area contributed by atoms with E-state index in [0.29, 0.717) is 0 Å². The average Bonchev–Trinajstić information content (AvgIpc) is 2.58. The minimum absolute atomic E-state index is 0.0547. The van der Waals surface area contributed by atoms with Crippen LogP contribution in [-0.2, 0) is 28.5 Å².